The maximum Gasteiger partial charge on any atom is 0.289 e. The average Bonchev–Trinajstić information content (AvgIpc) is 2.75. The van der Waals surface area contributed by atoms with Crippen molar-refractivity contribution in [1.29, 1.82) is 0 Å². The van der Waals surface area contributed by atoms with E-state index in [0.29, 0.717) is 6.42 Å². The van der Waals surface area contributed by atoms with Crippen molar-refractivity contribution in [3.05, 3.63) is 70.3 Å². The van der Waals surface area contributed by atoms with Crippen LogP contribution in [0.25, 0.3) is 0 Å². The molecule has 2 aromatic carbocycles. The van der Waals surface area contributed by atoms with Gasteiger partial charge >= 0.3 is 0 Å². The zero-order chi connectivity index (χ0) is 26.0. The van der Waals surface area contributed by atoms with E-state index in [2.05, 4.69) is 25.5 Å². The van der Waals surface area contributed by atoms with Crippen molar-refractivity contribution in [2.45, 2.75) is 63.4 Å². The maximum absolute atomic E-state index is 13.7. The molecule has 0 spiro atoms. The molecule has 1 saturated heterocycles. The van der Waals surface area contributed by atoms with Gasteiger partial charge in [0.1, 0.15) is 11.8 Å². The fourth-order valence-corrected chi connectivity index (χ4v) is 6.47. The molecule has 0 saturated carbocycles. The summed E-state index contributed by atoms with van der Waals surface area (Å²) in [5, 5.41) is 11.5. The van der Waals surface area contributed by atoms with Gasteiger partial charge in [-0.05, 0) is 36.6 Å². The van der Waals surface area contributed by atoms with Gasteiger partial charge in [-0.2, -0.15) is 4.72 Å². The molecular weight excluding hydrogens is 486 g/mol. The number of para-hydroxylation sites is 1. The lowest BCUT2D eigenvalue weighted by atomic mass is 9.81. The van der Waals surface area contributed by atoms with Crippen LogP contribution in [0.1, 0.15) is 32.8 Å². The largest absolute Gasteiger partial charge is 0.397 e. The Kier molecular flexibility index (Phi) is 7.85. The molecule has 9 nitrogen and oxygen atoms in total. The topological polar surface area (TPSA) is 119 Å². The van der Waals surface area contributed by atoms with E-state index in [1.165, 1.54) is 18.2 Å². The van der Waals surface area contributed by atoms with E-state index in [1.54, 1.807) is 4.90 Å². The second kappa shape index (κ2) is 10.2. The minimum atomic E-state index is -4.39. The van der Waals surface area contributed by atoms with E-state index in [4.69, 9.17) is 4.43 Å². The van der Waals surface area contributed by atoms with Crippen LogP contribution in [0.2, 0.25) is 13.1 Å². The smallest absolute Gasteiger partial charge is 0.289 e. The highest BCUT2D eigenvalue weighted by molar-refractivity contribution is 7.89. The van der Waals surface area contributed by atoms with Crippen molar-refractivity contribution >= 4 is 30.7 Å². The van der Waals surface area contributed by atoms with Gasteiger partial charge in [0.05, 0.1) is 11.5 Å². The number of carbonyl (C=O) groups is 1. The summed E-state index contributed by atoms with van der Waals surface area (Å²) in [7, 11) is -5.53. The number of nitrogens with zero attached hydrogens (tertiary/aromatic N) is 2. The van der Waals surface area contributed by atoms with E-state index < -0.39 is 52.2 Å². The summed E-state index contributed by atoms with van der Waals surface area (Å²) in [5.74, 6) is -0.402. The van der Waals surface area contributed by atoms with Crippen molar-refractivity contribution in [2.75, 3.05) is 6.54 Å². The Bertz CT molecular complexity index is 1180. The molecule has 35 heavy (non-hydrogen) atoms. The number of rotatable bonds is 10. The molecular formula is C24H32N3O6SSi. The average molecular weight is 519 g/mol. The summed E-state index contributed by atoms with van der Waals surface area (Å²) in [5.41, 5.74) is -1.37. The molecule has 11 heteroatoms. The van der Waals surface area contributed by atoms with Gasteiger partial charge in [-0.1, -0.05) is 63.2 Å². The first-order valence-electron chi connectivity index (χ1n) is 11.3. The van der Waals surface area contributed by atoms with E-state index in [1.807, 2.05) is 43.4 Å². The van der Waals surface area contributed by atoms with Crippen LogP contribution in [0, 0.1) is 15.5 Å². The summed E-state index contributed by atoms with van der Waals surface area (Å²) in [6.07, 6.45) is 0.222. The Balaban J connectivity index is 1.98. The molecule has 2 aromatic rings. The molecule has 189 valence electrons. The van der Waals surface area contributed by atoms with Gasteiger partial charge in [-0.3, -0.25) is 14.9 Å². The third kappa shape index (κ3) is 6.34. The predicted molar refractivity (Wildman–Crippen MR) is 134 cm³/mol. The lowest BCUT2D eigenvalue weighted by Crippen LogP contribution is -2.77. The van der Waals surface area contributed by atoms with Crippen LogP contribution in [0.15, 0.2) is 59.5 Å². The fourth-order valence-electron chi connectivity index (χ4n) is 4.19. The molecule has 1 amide bonds. The second-order valence-electron chi connectivity index (χ2n) is 10.3. The van der Waals surface area contributed by atoms with E-state index >= 15 is 0 Å². The highest BCUT2D eigenvalue weighted by Gasteiger charge is 2.57. The molecule has 2 atom stereocenters. The lowest BCUT2D eigenvalue weighted by molar-refractivity contribution is -0.387. The predicted octanol–water partition coefficient (Wildman–Crippen LogP) is 3.73. The third-order valence-electron chi connectivity index (χ3n) is 5.65. The Morgan fingerprint density at radius 2 is 1.74 bits per heavy atom. The molecule has 0 aliphatic carbocycles. The molecule has 1 unspecified atom stereocenters. The van der Waals surface area contributed by atoms with Crippen molar-refractivity contribution in [3.8, 4) is 0 Å². The number of amides is 1. The number of β-lactam (4-membered cyclic amide) rings is 1. The first-order chi connectivity index (χ1) is 16.2. The SMILES string of the molecule is C[Si](C)OC(CC(C)(C)C)N1C[C@](Cc2ccccc2)(NS(=O)(=O)c2ccccc2[N+](=O)[O-])C1=O. The minimum absolute atomic E-state index is 0.0937. The molecule has 3 rings (SSSR count). The molecule has 1 heterocycles. The zero-order valence-electron chi connectivity index (χ0n) is 20.6. The number of sulfonamides is 1. The van der Waals surface area contributed by atoms with Crippen molar-refractivity contribution in [1.82, 2.24) is 9.62 Å². The maximum atomic E-state index is 13.7. The van der Waals surface area contributed by atoms with E-state index in [0.717, 1.165) is 11.6 Å². The first kappa shape index (κ1) is 27.0. The van der Waals surface area contributed by atoms with Gasteiger partial charge in [-0.25, -0.2) is 8.42 Å². The number of hydrogen-bond acceptors (Lipinski definition) is 6. The number of likely N-dealkylation sites (tertiary alicyclic amines) is 1. The second-order valence-corrected chi connectivity index (χ2v) is 14.0. The number of benzene rings is 2. The molecule has 1 fully saturated rings. The fraction of sp³-hybridized carbons (Fsp3) is 0.458. The zero-order valence-corrected chi connectivity index (χ0v) is 22.5. The van der Waals surface area contributed by atoms with Gasteiger partial charge in [0.2, 0.25) is 25.0 Å². The quantitative estimate of drug-likeness (QED) is 0.222. The normalized spacial score (nSPS) is 19.5. The Hall–Kier alpha value is -2.60. The molecule has 1 aliphatic heterocycles. The van der Waals surface area contributed by atoms with Crippen molar-refractivity contribution in [2.24, 2.45) is 5.41 Å². The van der Waals surface area contributed by atoms with Gasteiger partial charge in [-0.15, -0.1) is 0 Å². The van der Waals surface area contributed by atoms with Crippen LogP contribution in [0.5, 0.6) is 0 Å². The Labute approximate surface area is 208 Å². The van der Waals surface area contributed by atoms with Gasteiger partial charge in [0, 0.05) is 12.5 Å². The number of carbonyl (C=O) groups excluding carboxylic acids is 1. The molecule has 0 aromatic heterocycles. The Morgan fingerprint density at radius 1 is 1.14 bits per heavy atom. The molecule has 1 aliphatic rings. The molecule has 0 bridgehead atoms. The van der Waals surface area contributed by atoms with Crippen LogP contribution in [-0.4, -0.2) is 51.5 Å². The van der Waals surface area contributed by atoms with Crippen molar-refractivity contribution in [3.63, 3.8) is 0 Å². The van der Waals surface area contributed by atoms with Gasteiger partial charge < -0.3 is 9.33 Å². The van der Waals surface area contributed by atoms with E-state index in [-0.39, 0.29) is 18.4 Å². The van der Waals surface area contributed by atoms with Gasteiger partial charge in [0.15, 0.2) is 4.90 Å². The third-order valence-corrected chi connectivity index (χ3v) is 7.97. The first-order valence-corrected chi connectivity index (χ1v) is 15.2. The highest BCUT2D eigenvalue weighted by atomic mass is 32.2. The lowest BCUT2D eigenvalue weighted by Gasteiger charge is -2.52. The Morgan fingerprint density at radius 3 is 2.29 bits per heavy atom. The van der Waals surface area contributed by atoms with Crippen LogP contribution >= 0.6 is 0 Å². The standard InChI is InChI=1S/C24H32N3O6SSi/c1-23(2,3)16-21(33-35(4)5)26-17-24(22(26)28,15-18-11-7-6-8-12-18)25-34(31,32)20-14-10-9-13-19(20)27(29)30/h6-14,21,25H,15-17H2,1-5H3/t21?,24-/m0/s1. The van der Waals surface area contributed by atoms with E-state index in [9.17, 15) is 23.3 Å². The number of nitro benzene ring substituents is 1. The molecule has 1 N–H and O–H groups in total. The number of nitro groups is 1. The van der Waals surface area contributed by atoms with Crippen LogP contribution in [0.3, 0.4) is 0 Å². The summed E-state index contributed by atoms with van der Waals surface area (Å²) in [6, 6.07) is 14.2. The summed E-state index contributed by atoms with van der Waals surface area (Å²) in [4.78, 5) is 25.6. The number of nitrogens with one attached hydrogen (secondary N) is 1. The minimum Gasteiger partial charge on any atom is -0.397 e. The summed E-state index contributed by atoms with van der Waals surface area (Å²) >= 11 is 0. The van der Waals surface area contributed by atoms with Crippen LogP contribution in [-0.2, 0) is 25.7 Å². The molecule has 1 radical (unpaired) electrons. The van der Waals surface area contributed by atoms with Gasteiger partial charge in [0.25, 0.3) is 5.69 Å². The summed E-state index contributed by atoms with van der Waals surface area (Å²) in [6.45, 7) is 10.2. The summed E-state index contributed by atoms with van der Waals surface area (Å²) < 4.78 is 35.4. The monoisotopic (exact) mass is 518 g/mol. The number of hydrogen-bond donors (Lipinski definition) is 1. The highest BCUT2D eigenvalue weighted by Crippen LogP contribution is 2.36. The van der Waals surface area contributed by atoms with Crippen LogP contribution in [0.4, 0.5) is 5.69 Å². The van der Waals surface area contributed by atoms with Crippen LogP contribution < -0.4 is 4.72 Å². The van der Waals surface area contributed by atoms with Crippen molar-refractivity contribution < 1.29 is 22.6 Å².